The lowest BCUT2D eigenvalue weighted by Gasteiger charge is -2.40. The molecule has 1 aliphatic carbocycles. The molecular weight excluding hydrogens is 669 g/mol. The second-order valence-corrected chi connectivity index (χ2v) is 15.5. The summed E-state index contributed by atoms with van der Waals surface area (Å²) in [7, 11) is 0. The van der Waals surface area contributed by atoms with Crippen molar-refractivity contribution in [3.63, 3.8) is 0 Å². The molecule has 0 radical (unpaired) electrons. The van der Waals surface area contributed by atoms with E-state index in [1.54, 1.807) is 0 Å². The second kappa shape index (κ2) is 12.3. The molecule has 11 rings (SSSR count). The molecule has 1 heteroatoms. The van der Waals surface area contributed by atoms with Crippen molar-refractivity contribution >= 4 is 22.5 Å². The fraction of sp³-hybridized carbons (Fsp3) is 0.0189. The minimum absolute atomic E-state index is 0.552. The standard InChI is InChI=1S/C53H34S/c1-5-15-35(16-6-1)39-25-28-44-48(31-39)53(49-34-45(38-21-11-4-12-22-38)42-23-13-14-24-43(42)52(44)49)46-29-26-40(36-17-7-2-8-18-36)32-50(46)54-51-33-41(27-30-47(51)53)37-19-9-3-10-20-37/h1-34H. The van der Waals surface area contributed by atoms with Crippen molar-refractivity contribution in [1.29, 1.82) is 0 Å². The molecular formula is C53H34S. The quantitative estimate of drug-likeness (QED) is 0.176. The van der Waals surface area contributed by atoms with Gasteiger partial charge in [0.15, 0.2) is 0 Å². The molecule has 0 saturated heterocycles. The predicted molar refractivity (Wildman–Crippen MR) is 227 cm³/mol. The third-order valence-corrected chi connectivity index (χ3v) is 12.7. The number of hydrogen-bond acceptors (Lipinski definition) is 1. The van der Waals surface area contributed by atoms with Gasteiger partial charge in [-0.05, 0) is 113 Å². The molecule has 9 aromatic rings. The maximum Gasteiger partial charge on any atom is 0.0736 e. The third-order valence-electron chi connectivity index (χ3n) is 11.5. The molecule has 0 N–H and O–H groups in total. The van der Waals surface area contributed by atoms with Gasteiger partial charge in [0.2, 0.25) is 0 Å². The van der Waals surface area contributed by atoms with Crippen LogP contribution in [0, 0.1) is 0 Å². The van der Waals surface area contributed by atoms with Gasteiger partial charge in [0.05, 0.1) is 5.41 Å². The van der Waals surface area contributed by atoms with Crippen LogP contribution >= 0.6 is 11.8 Å². The van der Waals surface area contributed by atoms with E-state index in [9.17, 15) is 0 Å². The molecule has 0 unspecified atom stereocenters. The normalized spacial score (nSPS) is 13.3. The van der Waals surface area contributed by atoms with Crippen molar-refractivity contribution in [3.8, 4) is 55.6 Å². The van der Waals surface area contributed by atoms with Gasteiger partial charge >= 0.3 is 0 Å². The van der Waals surface area contributed by atoms with Gasteiger partial charge in [-0.3, -0.25) is 0 Å². The third kappa shape index (κ3) is 4.65. The summed E-state index contributed by atoms with van der Waals surface area (Å²) >= 11 is 1.92. The first-order chi connectivity index (χ1) is 26.8. The molecule has 0 bridgehead atoms. The second-order valence-electron chi connectivity index (χ2n) is 14.4. The number of benzene rings is 9. The maximum atomic E-state index is 2.54. The Morgan fingerprint density at radius 2 is 0.722 bits per heavy atom. The zero-order valence-electron chi connectivity index (χ0n) is 29.5. The van der Waals surface area contributed by atoms with E-state index < -0.39 is 5.41 Å². The Bertz CT molecular complexity index is 2790. The van der Waals surface area contributed by atoms with E-state index >= 15 is 0 Å². The fourth-order valence-corrected chi connectivity index (χ4v) is 10.4. The Balaban J connectivity index is 1.29. The van der Waals surface area contributed by atoms with Gasteiger partial charge in [-0.15, -0.1) is 0 Å². The monoisotopic (exact) mass is 702 g/mol. The first-order valence-corrected chi connectivity index (χ1v) is 19.5. The van der Waals surface area contributed by atoms with Gasteiger partial charge in [-0.2, -0.15) is 0 Å². The van der Waals surface area contributed by atoms with Gasteiger partial charge in [0.1, 0.15) is 0 Å². The molecule has 0 nitrogen and oxygen atoms in total. The summed E-state index contributed by atoms with van der Waals surface area (Å²) in [6, 6.07) is 76.6. The molecule has 0 saturated carbocycles. The summed E-state index contributed by atoms with van der Waals surface area (Å²) in [5, 5.41) is 2.57. The number of rotatable bonds is 4. The lowest BCUT2D eigenvalue weighted by Crippen LogP contribution is -2.32. The topological polar surface area (TPSA) is 0 Å². The largest absolute Gasteiger partial charge is 0.0894 e. The van der Waals surface area contributed by atoms with Crippen LogP contribution in [0.5, 0.6) is 0 Å². The Hall–Kier alpha value is -6.41. The molecule has 1 heterocycles. The molecule has 0 atom stereocenters. The molecule has 54 heavy (non-hydrogen) atoms. The van der Waals surface area contributed by atoms with E-state index in [0.717, 1.165) is 0 Å². The Kier molecular flexibility index (Phi) is 7.12. The van der Waals surface area contributed by atoms with Crippen molar-refractivity contribution < 1.29 is 0 Å². The van der Waals surface area contributed by atoms with Gasteiger partial charge in [-0.1, -0.05) is 194 Å². The maximum absolute atomic E-state index is 2.54. The van der Waals surface area contributed by atoms with Crippen LogP contribution in [-0.4, -0.2) is 0 Å². The Labute approximate surface area is 320 Å². The summed E-state index contributed by atoms with van der Waals surface area (Å²) in [4.78, 5) is 2.60. The van der Waals surface area contributed by atoms with Crippen molar-refractivity contribution in [2.75, 3.05) is 0 Å². The van der Waals surface area contributed by atoms with E-state index in [2.05, 4.69) is 206 Å². The summed E-state index contributed by atoms with van der Waals surface area (Å²) in [5.74, 6) is 0. The lowest BCUT2D eigenvalue weighted by atomic mass is 9.66. The first-order valence-electron chi connectivity index (χ1n) is 18.7. The van der Waals surface area contributed by atoms with Crippen LogP contribution in [0.1, 0.15) is 22.3 Å². The van der Waals surface area contributed by atoms with Gasteiger partial charge in [-0.25, -0.2) is 0 Å². The van der Waals surface area contributed by atoms with E-state index in [1.807, 2.05) is 11.8 Å². The van der Waals surface area contributed by atoms with Crippen LogP contribution in [0.2, 0.25) is 0 Å². The molecule has 1 aliphatic heterocycles. The van der Waals surface area contributed by atoms with E-state index in [1.165, 1.54) is 98.5 Å². The SMILES string of the molecule is c1ccc(-c2ccc3c(c2)Sc2cc(-c4ccccc4)ccc2C32c3cc(-c4ccccc4)ccc3-c3c2cc(-c2ccccc2)c2ccccc32)cc1. The summed E-state index contributed by atoms with van der Waals surface area (Å²) in [6.45, 7) is 0. The summed E-state index contributed by atoms with van der Waals surface area (Å²) in [6.07, 6.45) is 0. The van der Waals surface area contributed by atoms with Crippen molar-refractivity contribution in [2.24, 2.45) is 0 Å². The van der Waals surface area contributed by atoms with Gasteiger partial charge in [0, 0.05) is 9.79 Å². The highest BCUT2D eigenvalue weighted by Crippen LogP contribution is 2.64. The Morgan fingerprint density at radius 3 is 1.26 bits per heavy atom. The highest BCUT2D eigenvalue weighted by molar-refractivity contribution is 7.99. The highest BCUT2D eigenvalue weighted by Gasteiger charge is 2.51. The molecule has 0 fully saturated rings. The summed E-state index contributed by atoms with van der Waals surface area (Å²) < 4.78 is 0. The predicted octanol–water partition coefficient (Wildman–Crippen LogP) is 14.3. The van der Waals surface area contributed by atoms with Crippen LogP contribution in [0.25, 0.3) is 66.4 Å². The number of fused-ring (bicyclic) bond motifs is 11. The van der Waals surface area contributed by atoms with Crippen LogP contribution in [0.4, 0.5) is 0 Å². The summed E-state index contributed by atoms with van der Waals surface area (Å²) in [5.41, 5.74) is 17.4. The molecule has 0 aromatic heterocycles. The molecule has 252 valence electrons. The van der Waals surface area contributed by atoms with Crippen LogP contribution in [0.3, 0.4) is 0 Å². The van der Waals surface area contributed by atoms with Crippen LogP contribution < -0.4 is 0 Å². The fourth-order valence-electron chi connectivity index (χ4n) is 9.14. The van der Waals surface area contributed by atoms with Crippen molar-refractivity contribution in [2.45, 2.75) is 15.2 Å². The molecule has 1 spiro atoms. The van der Waals surface area contributed by atoms with Crippen LogP contribution in [0.15, 0.2) is 216 Å². The average molecular weight is 703 g/mol. The number of hydrogen-bond donors (Lipinski definition) is 0. The molecule has 2 aliphatic rings. The lowest BCUT2D eigenvalue weighted by molar-refractivity contribution is 0.724. The van der Waals surface area contributed by atoms with E-state index in [0.29, 0.717) is 0 Å². The zero-order chi connectivity index (χ0) is 35.6. The molecule has 0 amide bonds. The van der Waals surface area contributed by atoms with E-state index in [-0.39, 0.29) is 0 Å². The zero-order valence-corrected chi connectivity index (χ0v) is 30.4. The highest BCUT2D eigenvalue weighted by atomic mass is 32.2. The first kappa shape index (κ1) is 31.1. The average Bonchev–Trinajstić information content (AvgIpc) is 3.54. The molecule has 9 aromatic carbocycles. The smallest absolute Gasteiger partial charge is 0.0736 e. The van der Waals surface area contributed by atoms with Crippen LogP contribution in [-0.2, 0) is 5.41 Å². The minimum Gasteiger partial charge on any atom is -0.0894 e. The Morgan fingerprint density at radius 1 is 0.278 bits per heavy atom. The van der Waals surface area contributed by atoms with Crippen molar-refractivity contribution in [1.82, 2.24) is 0 Å². The minimum atomic E-state index is -0.552. The van der Waals surface area contributed by atoms with Gasteiger partial charge < -0.3 is 0 Å². The van der Waals surface area contributed by atoms with E-state index in [4.69, 9.17) is 0 Å². The van der Waals surface area contributed by atoms with Gasteiger partial charge in [0.25, 0.3) is 0 Å². The van der Waals surface area contributed by atoms with Crippen molar-refractivity contribution in [3.05, 3.63) is 229 Å².